The van der Waals surface area contributed by atoms with E-state index in [2.05, 4.69) is 30.5 Å². The Labute approximate surface area is 119 Å². The number of hydrogen-bond donors (Lipinski definition) is 2. The number of ether oxygens (including phenoxy) is 1. The Morgan fingerprint density at radius 2 is 2.25 bits per heavy atom. The maximum absolute atomic E-state index is 11.9. The quantitative estimate of drug-likeness (QED) is 0.809. The lowest BCUT2D eigenvalue weighted by Crippen LogP contribution is -2.16. The van der Waals surface area contributed by atoms with Gasteiger partial charge >= 0.3 is 0 Å². The van der Waals surface area contributed by atoms with Gasteiger partial charge in [-0.2, -0.15) is 4.98 Å². The Morgan fingerprint density at radius 3 is 2.95 bits per heavy atom. The number of aryl methyl sites for hydroxylation is 1. The van der Waals surface area contributed by atoms with E-state index in [0.29, 0.717) is 5.82 Å². The van der Waals surface area contributed by atoms with Gasteiger partial charge in [0, 0.05) is 12.5 Å². The number of nitrogens with one attached hydrogen (secondary N) is 2. The van der Waals surface area contributed by atoms with Crippen molar-refractivity contribution < 1.29 is 9.53 Å². The van der Waals surface area contributed by atoms with Gasteiger partial charge in [-0.25, -0.2) is 9.97 Å². The number of aromatic amines is 1. The molecular weight excluding hydrogens is 284 g/mol. The molecular formula is C11H13ClN6O2. The van der Waals surface area contributed by atoms with Crippen molar-refractivity contribution in [3.05, 3.63) is 22.9 Å². The van der Waals surface area contributed by atoms with Gasteiger partial charge in [-0.15, -0.1) is 5.10 Å². The fourth-order valence-electron chi connectivity index (χ4n) is 1.46. The molecule has 106 valence electrons. The van der Waals surface area contributed by atoms with E-state index in [9.17, 15) is 4.79 Å². The van der Waals surface area contributed by atoms with Crippen molar-refractivity contribution in [2.75, 3.05) is 12.4 Å². The highest BCUT2D eigenvalue weighted by atomic mass is 35.5. The van der Waals surface area contributed by atoms with Crippen molar-refractivity contribution >= 4 is 23.5 Å². The molecule has 0 aliphatic heterocycles. The van der Waals surface area contributed by atoms with Crippen LogP contribution in [0.15, 0.2) is 6.07 Å². The molecule has 0 saturated carbocycles. The average Bonchev–Trinajstić information content (AvgIpc) is 2.87. The number of anilines is 1. The summed E-state index contributed by atoms with van der Waals surface area (Å²) in [5.41, 5.74) is 0. The van der Waals surface area contributed by atoms with Crippen LogP contribution in [0, 0.1) is 0 Å². The number of carbonyl (C=O) groups excluding carboxylic acids is 1. The predicted molar refractivity (Wildman–Crippen MR) is 71.9 cm³/mol. The molecule has 2 aromatic rings. The van der Waals surface area contributed by atoms with Crippen LogP contribution < -0.4 is 10.1 Å². The van der Waals surface area contributed by atoms with E-state index in [1.807, 2.05) is 6.92 Å². The highest BCUT2D eigenvalue weighted by molar-refractivity contribution is 6.29. The molecule has 0 radical (unpaired) electrons. The molecule has 2 aromatic heterocycles. The third-order valence-electron chi connectivity index (χ3n) is 2.33. The molecule has 2 N–H and O–H groups in total. The van der Waals surface area contributed by atoms with Gasteiger partial charge in [0.15, 0.2) is 0 Å². The zero-order valence-electron chi connectivity index (χ0n) is 11.0. The van der Waals surface area contributed by atoms with Crippen LogP contribution in [0.3, 0.4) is 0 Å². The topological polar surface area (TPSA) is 106 Å². The van der Waals surface area contributed by atoms with Crippen LogP contribution in [0.4, 0.5) is 5.95 Å². The molecule has 8 nitrogen and oxygen atoms in total. The Balaban J connectivity index is 2.12. The fraction of sp³-hybridized carbons (Fsp3) is 0.364. The summed E-state index contributed by atoms with van der Waals surface area (Å²) in [4.78, 5) is 23.8. The van der Waals surface area contributed by atoms with Crippen molar-refractivity contribution in [3.63, 3.8) is 0 Å². The molecule has 0 aromatic carbocycles. The Kier molecular flexibility index (Phi) is 4.46. The molecule has 2 rings (SSSR count). The highest BCUT2D eigenvalue weighted by Crippen LogP contribution is 2.15. The Hall–Kier alpha value is -2.22. The molecule has 0 saturated heterocycles. The molecule has 1 amide bonds. The minimum Gasteiger partial charge on any atom is -0.481 e. The van der Waals surface area contributed by atoms with Gasteiger partial charge in [0.05, 0.1) is 7.11 Å². The number of hydrogen-bond acceptors (Lipinski definition) is 6. The minimum atomic E-state index is -0.520. The molecule has 0 atom stereocenters. The van der Waals surface area contributed by atoms with Gasteiger partial charge in [0.2, 0.25) is 17.7 Å². The predicted octanol–water partition coefficient (Wildman–Crippen LogP) is 1.46. The van der Waals surface area contributed by atoms with Gasteiger partial charge in [-0.3, -0.25) is 15.2 Å². The summed E-state index contributed by atoms with van der Waals surface area (Å²) < 4.78 is 4.93. The zero-order chi connectivity index (χ0) is 14.5. The van der Waals surface area contributed by atoms with E-state index in [4.69, 9.17) is 16.3 Å². The second kappa shape index (κ2) is 6.29. The first-order chi connectivity index (χ1) is 9.62. The van der Waals surface area contributed by atoms with Crippen molar-refractivity contribution in [2.45, 2.75) is 19.8 Å². The molecule has 0 spiro atoms. The van der Waals surface area contributed by atoms with Gasteiger partial charge in [0.25, 0.3) is 5.91 Å². The molecule has 0 aliphatic rings. The number of halogens is 1. The molecule has 2 heterocycles. The van der Waals surface area contributed by atoms with Gasteiger partial charge in [0.1, 0.15) is 11.0 Å². The zero-order valence-corrected chi connectivity index (χ0v) is 11.7. The largest absolute Gasteiger partial charge is 0.481 e. The second-order valence-electron chi connectivity index (χ2n) is 3.87. The number of methoxy groups -OCH3 is 1. The smallest absolute Gasteiger partial charge is 0.297 e. The fourth-order valence-corrected chi connectivity index (χ4v) is 1.63. The summed E-state index contributed by atoms with van der Waals surface area (Å²) >= 11 is 5.78. The lowest BCUT2D eigenvalue weighted by atomic mass is 10.3. The van der Waals surface area contributed by atoms with E-state index in [1.54, 1.807) is 0 Å². The first-order valence-corrected chi connectivity index (χ1v) is 6.31. The summed E-state index contributed by atoms with van der Waals surface area (Å²) in [5.74, 6) is 0.439. The van der Waals surface area contributed by atoms with Crippen LogP contribution in [-0.4, -0.2) is 38.2 Å². The number of rotatable bonds is 5. The van der Waals surface area contributed by atoms with Crippen LogP contribution in [0.1, 0.15) is 29.8 Å². The van der Waals surface area contributed by atoms with Crippen LogP contribution in [0.5, 0.6) is 5.88 Å². The van der Waals surface area contributed by atoms with E-state index in [1.165, 1.54) is 13.2 Å². The lowest BCUT2D eigenvalue weighted by molar-refractivity contribution is 0.101. The molecule has 20 heavy (non-hydrogen) atoms. The molecule has 9 heteroatoms. The normalized spacial score (nSPS) is 10.3. The summed E-state index contributed by atoms with van der Waals surface area (Å²) in [6.07, 6.45) is 1.63. The highest BCUT2D eigenvalue weighted by Gasteiger charge is 2.14. The maximum Gasteiger partial charge on any atom is 0.297 e. The van der Waals surface area contributed by atoms with E-state index < -0.39 is 5.91 Å². The van der Waals surface area contributed by atoms with Gasteiger partial charge in [-0.1, -0.05) is 18.5 Å². The summed E-state index contributed by atoms with van der Waals surface area (Å²) in [7, 11) is 1.44. The first-order valence-electron chi connectivity index (χ1n) is 5.93. The summed E-state index contributed by atoms with van der Waals surface area (Å²) in [6, 6.07) is 1.43. The van der Waals surface area contributed by atoms with E-state index in [0.717, 1.165) is 12.8 Å². The first kappa shape index (κ1) is 14.2. The van der Waals surface area contributed by atoms with Crippen LogP contribution in [0.2, 0.25) is 5.15 Å². The van der Waals surface area contributed by atoms with Crippen LogP contribution in [0.25, 0.3) is 0 Å². The van der Waals surface area contributed by atoms with Crippen LogP contribution in [-0.2, 0) is 6.42 Å². The molecule has 0 bridgehead atoms. The van der Waals surface area contributed by atoms with Crippen molar-refractivity contribution in [2.24, 2.45) is 0 Å². The molecule has 0 aliphatic carbocycles. The minimum absolute atomic E-state index is 0.0241. The summed E-state index contributed by atoms with van der Waals surface area (Å²) in [5, 5.41) is 9.14. The number of carbonyl (C=O) groups is 1. The van der Waals surface area contributed by atoms with Crippen molar-refractivity contribution in [1.29, 1.82) is 0 Å². The average molecular weight is 297 g/mol. The summed E-state index contributed by atoms with van der Waals surface area (Å²) in [6.45, 7) is 2.01. The Morgan fingerprint density at radius 1 is 1.45 bits per heavy atom. The number of aromatic nitrogens is 5. The van der Waals surface area contributed by atoms with Gasteiger partial charge < -0.3 is 4.74 Å². The second-order valence-corrected chi connectivity index (χ2v) is 4.25. The third-order valence-corrected chi connectivity index (χ3v) is 2.52. The van der Waals surface area contributed by atoms with Crippen molar-refractivity contribution in [3.8, 4) is 5.88 Å². The standard InChI is InChI=1S/C11H13ClN6O2/c1-3-4-7-14-9(18-17-7)10(19)16-11-13-6(12)5-8(15-11)20-2/h5H,3-4H2,1-2H3,(H,14,17,18)(H,13,15,16,19). The monoisotopic (exact) mass is 296 g/mol. The third kappa shape index (κ3) is 3.41. The number of H-pyrrole nitrogens is 1. The van der Waals surface area contributed by atoms with E-state index >= 15 is 0 Å². The van der Waals surface area contributed by atoms with E-state index in [-0.39, 0.29) is 22.8 Å². The molecule has 0 unspecified atom stereocenters. The molecule has 0 fully saturated rings. The Bertz CT molecular complexity index is 615. The van der Waals surface area contributed by atoms with Crippen LogP contribution >= 0.6 is 11.6 Å². The van der Waals surface area contributed by atoms with Crippen molar-refractivity contribution in [1.82, 2.24) is 25.1 Å². The maximum atomic E-state index is 11.9. The number of nitrogens with zero attached hydrogens (tertiary/aromatic N) is 4. The van der Waals surface area contributed by atoms with Gasteiger partial charge in [-0.05, 0) is 6.42 Å². The number of amides is 1. The lowest BCUT2D eigenvalue weighted by Gasteiger charge is -2.03. The SMILES string of the molecule is CCCc1nc(C(=O)Nc2nc(Cl)cc(OC)n2)n[nH]1.